The molecule has 0 amide bonds. The monoisotopic (exact) mass is 369 g/mol. The Morgan fingerprint density at radius 1 is 1.16 bits per heavy atom. The second kappa shape index (κ2) is 5.81. The van der Waals surface area contributed by atoms with Gasteiger partial charge in [-0.3, -0.25) is 0 Å². The van der Waals surface area contributed by atoms with Crippen molar-refractivity contribution < 1.29 is 23.1 Å². The Labute approximate surface area is 142 Å². The molecule has 11 heteroatoms. The van der Waals surface area contributed by atoms with Crippen LogP contribution in [0.5, 0.6) is 0 Å². The summed E-state index contributed by atoms with van der Waals surface area (Å²) in [6.07, 6.45) is -4.53. The number of anilines is 1. The van der Waals surface area contributed by atoms with Crippen LogP contribution in [0.25, 0.3) is 22.6 Å². The highest BCUT2D eigenvalue weighted by atomic mass is 35.5. The number of nitrogen functional groups attached to an aromatic ring is 1. The average molecular weight is 370 g/mol. The summed E-state index contributed by atoms with van der Waals surface area (Å²) >= 11 is 5.73. The minimum absolute atomic E-state index is 0.0589. The van der Waals surface area contributed by atoms with Crippen LogP contribution >= 0.6 is 11.6 Å². The van der Waals surface area contributed by atoms with Gasteiger partial charge < -0.3 is 10.8 Å². The summed E-state index contributed by atoms with van der Waals surface area (Å²) in [4.78, 5) is 26.4. The lowest BCUT2D eigenvalue weighted by Gasteiger charge is -2.09. The van der Waals surface area contributed by atoms with Crippen molar-refractivity contribution in [3.05, 3.63) is 40.7 Å². The van der Waals surface area contributed by atoms with Crippen molar-refractivity contribution in [2.75, 3.05) is 5.73 Å². The molecule has 3 aromatic rings. The average Bonchev–Trinajstić information content (AvgIpc) is 2.53. The zero-order valence-corrected chi connectivity index (χ0v) is 12.8. The fourth-order valence-corrected chi connectivity index (χ4v) is 2.25. The topological polar surface area (TPSA) is 115 Å². The lowest BCUT2D eigenvalue weighted by Crippen LogP contribution is -2.08. The van der Waals surface area contributed by atoms with Gasteiger partial charge in [-0.1, -0.05) is 23.7 Å². The summed E-state index contributed by atoms with van der Waals surface area (Å²) in [7, 11) is 0. The van der Waals surface area contributed by atoms with Crippen molar-refractivity contribution in [1.29, 1.82) is 0 Å². The number of halogens is 4. The third-order valence-electron chi connectivity index (χ3n) is 3.17. The summed E-state index contributed by atoms with van der Waals surface area (Å²) in [6.45, 7) is 0. The molecule has 0 unspecified atom stereocenters. The first-order valence-electron chi connectivity index (χ1n) is 6.58. The second-order valence-electron chi connectivity index (χ2n) is 4.85. The molecule has 1 aromatic carbocycles. The van der Waals surface area contributed by atoms with Gasteiger partial charge in [0.25, 0.3) is 0 Å². The third kappa shape index (κ3) is 3.15. The number of nitrogens with two attached hydrogens (primary N) is 1. The highest BCUT2D eigenvalue weighted by Crippen LogP contribution is 2.32. The zero-order chi connectivity index (χ0) is 18.4. The predicted octanol–water partition coefficient (Wildman–Crippen LogP) is 3.04. The summed E-state index contributed by atoms with van der Waals surface area (Å²) in [5.41, 5.74) is 4.13. The van der Waals surface area contributed by atoms with Gasteiger partial charge in [0.05, 0.1) is 5.56 Å². The molecule has 0 fully saturated rings. The summed E-state index contributed by atoms with van der Waals surface area (Å²) in [5.74, 6) is -1.77. The van der Waals surface area contributed by atoms with E-state index in [1.54, 1.807) is 0 Å². The van der Waals surface area contributed by atoms with E-state index in [1.807, 2.05) is 0 Å². The Balaban J connectivity index is 2.19. The molecule has 25 heavy (non-hydrogen) atoms. The number of hydrogen-bond donors (Lipinski definition) is 2. The molecule has 0 aliphatic rings. The van der Waals surface area contributed by atoms with Gasteiger partial charge in [-0.15, -0.1) is 0 Å². The fourth-order valence-electron chi connectivity index (χ4n) is 2.05. The Morgan fingerprint density at radius 3 is 2.52 bits per heavy atom. The van der Waals surface area contributed by atoms with Crippen molar-refractivity contribution >= 4 is 34.6 Å². The van der Waals surface area contributed by atoms with Crippen molar-refractivity contribution in [2.45, 2.75) is 6.18 Å². The molecule has 0 spiro atoms. The first-order valence-corrected chi connectivity index (χ1v) is 6.96. The molecule has 0 saturated heterocycles. The largest absolute Gasteiger partial charge is 0.476 e. The molecule has 7 nitrogen and oxygen atoms in total. The molecular weight excluding hydrogens is 363 g/mol. The van der Waals surface area contributed by atoms with Crippen molar-refractivity contribution in [3.63, 3.8) is 0 Å². The van der Waals surface area contributed by atoms with E-state index < -0.39 is 28.6 Å². The molecule has 0 radical (unpaired) electrons. The first-order chi connectivity index (χ1) is 11.7. The first kappa shape index (κ1) is 16.8. The van der Waals surface area contributed by atoms with Crippen LogP contribution in [0.2, 0.25) is 5.15 Å². The molecule has 0 aliphatic carbocycles. The maximum atomic E-state index is 12.8. The van der Waals surface area contributed by atoms with Crippen molar-refractivity contribution in [2.24, 2.45) is 0 Å². The number of fused-ring (bicyclic) bond motifs is 1. The number of aromatic nitrogens is 4. The lowest BCUT2D eigenvalue weighted by molar-refractivity contribution is -0.137. The molecule has 2 aromatic heterocycles. The van der Waals surface area contributed by atoms with Gasteiger partial charge >= 0.3 is 12.1 Å². The van der Waals surface area contributed by atoms with Crippen LogP contribution in [0.4, 0.5) is 19.0 Å². The Hall–Kier alpha value is -3.01. The molecule has 128 valence electrons. The van der Waals surface area contributed by atoms with Gasteiger partial charge in [0.1, 0.15) is 0 Å². The number of carboxylic acids is 1. The predicted molar refractivity (Wildman–Crippen MR) is 81.9 cm³/mol. The Kier molecular flexibility index (Phi) is 3.91. The van der Waals surface area contributed by atoms with Crippen LogP contribution in [0, 0.1) is 0 Å². The SMILES string of the molecule is Nc1nc(-c2cccc(C(F)(F)F)c2)nc2nc(Cl)c(C(=O)O)nc12. The van der Waals surface area contributed by atoms with E-state index in [1.165, 1.54) is 12.1 Å². The zero-order valence-electron chi connectivity index (χ0n) is 12.0. The van der Waals surface area contributed by atoms with Crippen LogP contribution in [0.3, 0.4) is 0 Å². The Bertz CT molecular complexity index is 1010. The third-order valence-corrected chi connectivity index (χ3v) is 3.43. The molecule has 2 heterocycles. The summed E-state index contributed by atoms with van der Waals surface area (Å²) in [6, 6.07) is 4.34. The highest BCUT2D eigenvalue weighted by Gasteiger charge is 2.30. The summed E-state index contributed by atoms with van der Waals surface area (Å²) < 4.78 is 38.5. The van der Waals surface area contributed by atoms with Gasteiger partial charge in [0, 0.05) is 5.56 Å². The molecule has 0 aliphatic heterocycles. The number of nitrogens with zero attached hydrogens (tertiary/aromatic N) is 4. The van der Waals surface area contributed by atoms with Crippen LogP contribution in [-0.2, 0) is 6.18 Å². The minimum Gasteiger partial charge on any atom is -0.476 e. The number of alkyl halides is 3. The van der Waals surface area contributed by atoms with Gasteiger partial charge in [-0.05, 0) is 12.1 Å². The van der Waals surface area contributed by atoms with Crippen LogP contribution < -0.4 is 5.73 Å². The number of carboxylic acid groups (broad SMARTS) is 1. The van der Waals surface area contributed by atoms with Crippen LogP contribution in [0.1, 0.15) is 16.1 Å². The highest BCUT2D eigenvalue weighted by molar-refractivity contribution is 6.32. The maximum Gasteiger partial charge on any atom is 0.416 e. The van der Waals surface area contributed by atoms with E-state index >= 15 is 0 Å². The van der Waals surface area contributed by atoms with E-state index in [4.69, 9.17) is 22.4 Å². The minimum atomic E-state index is -4.53. The van der Waals surface area contributed by atoms with Gasteiger partial charge in [0.2, 0.25) is 0 Å². The summed E-state index contributed by atoms with van der Waals surface area (Å²) in [5, 5.41) is 8.56. The van der Waals surface area contributed by atoms with E-state index in [0.29, 0.717) is 0 Å². The van der Waals surface area contributed by atoms with E-state index in [9.17, 15) is 18.0 Å². The van der Waals surface area contributed by atoms with E-state index in [0.717, 1.165) is 12.1 Å². The van der Waals surface area contributed by atoms with Gasteiger partial charge in [-0.25, -0.2) is 24.7 Å². The second-order valence-corrected chi connectivity index (χ2v) is 5.21. The molecular formula is C14H7ClF3N5O2. The van der Waals surface area contributed by atoms with Crippen LogP contribution in [0.15, 0.2) is 24.3 Å². The quantitative estimate of drug-likeness (QED) is 0.713. The number of aromatic carboxylic acids is 1. The number of hydrogen-bond acceptors (Lipinski definition) is 6. The van der Waals surface area contributed by atoms with Crippen LogP contribution in [-0.4, -0.2) is 31.0 Å². The number of benzene rings is 1. The van der Waals surface area contributed by atoms with E-state index in [2.05, 4.69) is 19.9 Å². The molecule has 3 rings (SSSR count). The molecule has 0 atom stereocenters. The fraction of sp³-hybridized carbons (Fsp3) is 0.0714. The Morgan fingerprint density at radius 2 is 1.88 bits per heavy atom. The molecule has 0 bridgehead atoms. The smallest absolute Gasteiger partial charge is 0.416 e. The van der Waals surface area contributed by atoms with Gasteiger partial charge in [-0.2, -0.15) is 13.2 Å². The van der Waals surface area contributed by atoms with Crippen molar-refractivity contribution in [3.8, 4) is 11.4 Å². The molecule has 3 N–H and O–H groups in total. The maximum absolute atomic E-state index is 12.8. The van der Waals surface area contributed by atoms with Gasteiger partial charge in [0.15, 0.2) is 33.7 Å². The van der Waals surface area contributed by atoms with Crippen molar-refractivity contribution in [1.82, 2.24) is 19.9 Å². The number of carbonyl (C=O) groups is 1. The standard InChI is InChI=1S/C14H7ClF3N5O2/c15-9-7(13(24)25)20-8-10(19)22-11(23-12(8)21-9)5-2-1-3-6(4-5)14(16,17)18/h1-4H,(H,24,25)(H2,19,21,22,23). The number of rotatable bonds is 2. The lowest BCUT2D eigenvalue weighted by atomic mass is 10.1. The van der Waals surface area contributed by atoms with E-state index in [-0.39, 0.29) is 28.4 Å². The molecule has 0 saturated carbocycles. The normalized spacial score (nSPS) is 11.7.